The Balaban J connectivity index is 1.59. The van der Waals surface area contributed by atoms with Gasteiger partial charge in [-0.25, -0.2) is 9.79 Å². The van der Waals surface area contributed by atoms with E-state index in [0.29, 0.717) is 27.0 Å². The van der Waals surface area contributed by atoms with E-state index in [9.17, 15) is 14.4 Å². The highest BCUT2D eigenvalue weighted by Crippen LogP contribution is 2.30. The number of hydrogen-bond donors (Lipinski definition) is 3. The second kappa shape index (κ2) is 9.53. The van der Waals surface area contributed by atoms with E-state index in [1.807, 2.05) is 12.1 Å². The van der Waals surface area contributed by atoms with Gasteiger partial charge in [-0.05, 0) is 50.2 Å². The maximum atomic E-state index is 13.0. The number of para-hydroxylation sites is 2. The number of carbonyl (C=O) groups is 3. The third kappa shape index (κ3) is 4.85. The van der Waals surface area contributed by atoms with Crippen LogP contribution in [-0.2, 0) is 9.53 Å². The number of amidine groups is 1. The fourth-order valence-corrected chi connectivity index (χ4v) is 3.91. The topological polar surface area (TPSA) is 122 Å². The van der Waals surface area contributed by atoms with E-state index in [1.165, 1.54) is 12.3 Å². The molecule has 33 heavy (non-hydrogen) atoms. The molecule has 10 heteroatoms. The first-order valence-corrected chi connectivity index (χ1v) is 10.9. The predicted octanol–water partition coefficient (Wildman–Crippen LogP) is 4.32. The van der Waals surface area contributed by atoms with Crippen LogP contribution in [0.1, 0.15) is 34.1 Å². The molecule has 2 amide bonds. The molecule has 0 atom stereocenters. The first-order chi connectivity index (χ1) is 16.0. The summed E-state index contributed by atoms with van der Waals surface area (Å²) in [6.45, 7) is 3.59. The van der Waals surface area contributed by atoms with Gasteiger partial charge in [0.05, 0.1) is 34.1 Å². The number of furan rings is 1. The van der Waals surface area contributed by atoms with Gasteiger partial charge in [0, 0.05) is 5.70 Å². The minimum Gasteiger partial charge on any atom is -0.462 e. The van der Waals surface area contributed by atoms with E-state index in [0.717, 1.165) is 11.3 Å². The summed E-state index contributed by atoms with van der Waals surface area (Å²) in [4.78, 5) is 42.7. The van der Waals surface area contributed by atoms with E-state index < -0.39 is 17.8 Å². The second-order valence-electron chi connectivity index (χ2n) is 6.87. The molecular weight excluding hydrogens is 444 g/mol. The normalized spacial score (nSPS) is 12.7. The summed E-state index contributed by atoms with van der Waals surface area (Å²) in [7, 11) is 0. The molecule has 168 valence electrons. The predicted molar refractivity (Wildman–Crippen MR) is 125 cm³/mol. The molecule has 3 heterocycles. The molecule has 0 bridgehead atoms. The Kier molecular flexibility index (Phi) is 6.36. The largest absolute Gasteiger partial charge is 0.462 e. The number of thiophene rings is 1. The molecule has 1 aliphatic heterocycles. The van der Waals surface area contributed by atoms with E-state index >= 15 is 0 Å². The van der Waals surface area contributed by atoms with Crippen LogP contribution in [-0.4, -0.2) is 30.2 Å². The van der Waals surface area contributed by atoms with Crippen LogP contribution in [0.4, 0.5) is 16.4 Å². The number of allylic oxidation sites excluding steroid dienone is 1. The lowest BCUT2D eigenvalue weighted by Gasteiger charge is -2.13. The zero-order valence-electron chi connectivity index (χ0n) is 17.8. The average molecular weight is 465 g/mol. The van der Waals surface area contributed by atoms with Gasteiger partial charge in [-0.2, -0.15) is 0 Å². The number of fused-ring (bicyclic) bond motifs is 1. The quantitative estimate of drug-likeness (QED) is 0.484. The van der Waals surface area contributed by atoms with Crippen LogP contribution in [0.2, 0.25) is 0 Å². The maximum Gasteiger partial charge on any atom is 0.343 e. The summed E-state index contributed by atoms with van der Waals surface area (Å²) in [5.74, 6) is -1.28. The number of aliphatic imine (C=N–C) groups is 1. The highest BCUT2D eigenvalue weighted by atomic mass is 32.1. The highest BCUT2D eigenvalue weighted by molar-refractivity contribution is 7.18. The summed E-state index contributed by atoms with van der Waals surface area (Å²) in [6, 6.07) is 13.6. The standard InChI is InChI=1S/C23H20N4O5S/c1-3-31-23(30)19-13(2)24-14-7-4-5-8-15(14)25-20(19)27-22(29)17-10-11-18(33-17)26-21(28)16-9-6-12-32-16/h4-12,24H,3H2,1-2H3,(H,26,28)(H,25,27,29). The van der Waals surface area contributed by atoms with Crippen LogP contribution in [0, 0.1) is 0 Å². The van der Waals surface area contributed by atoms with Crippen molar-refractivity contribution in [3.63, 3.8) is 0 Å². The third-order valence-corrected chi connectivity index (χ3v) is 5.59. The monoisotopic (exact) mass is 464 g/mol. The van der Waals surface area contributed by atoms with Crippen LogP contribution >= 0.6 is 11.3 Å². The summed E-state index contributed by atoms with van der Waals surface area (Å²) < 4.78 is 10.3. The Morgan fingerprint density at radius 1 is 1.06 bits per heavy atom. The van der Waals surface area contributed by atoms with Gasteiger partial charge in [-0.3, -0.25) is 9.59 Å². The van der Waals surface area contributed by atoms with Crippen molar-refractivity contribution >= 4 is 51.3 Å². The molecule has 0 fully saturated rings. The third-order valence-electron chi connectivity index (χ3n) is 4.59. The lowest BCUT2D eigenvalue weighted by Crippen LogP contribution is -2.35. The molecule has 3 N–H and O–H groups in total. The molecule has 0 aliphatic carbocycles. The summed E-state index contributed by atoms with van der Waals surface area (Å²) in [5, 5.41) is 9.02. The fourth-order valence-electron chi connectivity index (χ4n) is 3.12. The Bertz CT molecular complexity index is 1270. The molecule has 0 radical (unpaired) electrons. The number of rotatable bonds is 5. The van der Waals surface area contributed by atoms with Crippen LogP contribution < -0.4 is 16.0 Å². The van der Waals surface area contributed by atoms with E-state index in [1.54, 1.807) is 44.2 Å². The highest BCUT2D eigenvalue weighted by Gasteiger charge is 2.26. The molecule has 9 nitrogen and oxygen atoms in total. The molecule has 1 aromatic carbocycles. The lowest BCUT2D eigenvalue weighted by molar-refractivity contribution is -0.137. The van der Waals surface area contributed by atoms with Gasteiger partial charge in [-0.1, -0.05) is 12.1 Å². The van der Waals surface area contributed by atoms with Crippen LogP contribution in [0.3, 0.4) is 0 Å². The average Bonchev–Trinajstić information content (AvgIpc) is 3.45. The summed E-state index contributed by atoms with van der Waals surface area (Å²) in [6.07, 6.45) is 1.40. The maximum absolute atomic E-state index is 13.0. The van der Waals surface area contributed by atoms with Gasteiger partial charge < -0.3 is 25.1 Å². The SMILES string of the molecule is CCOC(=O)C1=C(C)Nc2ccccc2N=C1NC(=O)c1ccc(NC(=O)c2ccco2)s1. The molecule has 0 saturated heterocycles. The smallest absolute Gasteiger partial charge is 0.343 e. The number of amides is 2. The molecule has 4 rings (SSSR count). The Hall–Kier alpha value is -4.18. The van der Waals surface area contributed by atoms with Crippen molar-refractivity contribution in [2.75, 3.05) is 17.2 Å². The molecule has 3 aromatic rings. The fraction of sp³-hybridized carbons (Fsp3) is 0.130. The molecule has 0 unspecified atom stereocenters. The van der Waals surface area contributed by atoms with E-state index in [4.69, 9.17) is 9.15 Å². The van der Waals surface area contributed by atoms with Crippen LogP contribution in [0.15, 0.2) is 75.5 Å². The Morgan fingerprint density at radius 3 is 2.64 bits per heavy atom. The number of anilines is 2. The molecule has 2 aromatic heterocycles. The number of ether oxygens (including phenoxy) is 1. The second-order valence-corrected chi connectivity index (χ2v) is 7.96. The van der Waals surface area contributed by atoms with E-state index in [-0.39, 0.29) is 23.8 Å². The molecule has 0 saturated carbocycles. The lowest BCUT2D eigenvalue weighted by atomic mass is 10.2. The molecule has 1 aliphatic rings. The zero-order chi connectivity index (χ0) is 23.4. The van der Waals surface area contributed by atoms with Gasteiger partial charge in [-0.15, -0.1) is 11.3 Å². The first kappa shape index (κ1) is 22.0. The first-order valence-electron chi connectivity index (χ1n) is 10.1. The Morgan fingerprint density at radius 2 is 1.88 bits per heavy atom. The van der Waals surface area contributed by atoms with Crippen molar-refractivity contribution in [3.05, 3.63) is 76.7 Å². The Labute approximate surface area is 193 Å². The van der Waals surface area contributed by atoms with Gasteiger partial charge in [0.2, 0.25) is 0 Å². The van der Waals surface area contributed by atoms with Crippen molar-refractivity contribution in [3.8, 4) is 0 Å². The number of nitrogens with one attached hydrogen (secondary N) is 3. The van der Waals surface area contributed by atoms with Gasteiger partial charge in [0.25, 0.3) is 11.8 Å². The van der Waals surface area contributed by atoms with Crippen molar-refractivity contribution in [2.45, 2.75) is 13.8 Å². The minimum absolute atomic E-state index is 0.0722. The number of benzene rings is 1. The van der Waals surface area contributed by atoms with Gasteiger partial charge >= 0.3 is 5.97 Å². The molecular formula is C23H20N4O5S. The number of esters is 1. The van der Waals surface area contributed by atoms with Crippen LogP contribution in [0.5, 0.6) is 0 Å². The minimum atomic E-state index is -0.605. The van der Waals surface area contributed by atoms with Crippen molar-refractivity contribution in [1.82, 2.24) is 5.32 Å². The molecule has 0 spiro atoms. The number of carbonyl (C=O) groups excluding carboxylic acids is 3. The number of nitrogens with zero attached hydrogens (tertiary/aromatic N) is 1. The summed E-state index contributed by atoms with van der Waals surface area (Å²) in [5.41, 5.74) is 1.88. The van der Waals surface area contributed by atoms with Crippen LogP contribution in [0.25, 0.3) is 0 Å². The van der Waals surface area contributed by atoms with Crippen molar-refractivity contribution in [2.24, 2.45) is 4.99 Å². The van der Waals surface area contributed by atoms with Crippen molar-refractivity contribution in [1.29, 1.82) is 0 Å². The van der Waals surface area contributed by atoms with Crippen molar-refractivity contribution < 1.29 is 23.5 Å². The van der Waals surface area contributed by atoms with Gasteiger partial charge in [0.1, 0.15) is 11.4 Å². The van der Waals surface area contributed by atoms with E-state index in [2.05, 4.69) is 20.9 Å². The zero-order valence-corrected chi connectivity index (χ0v) is 18.6. The number of hydrogen-bond acceptors (Lipinski definition) is 8. The summed E-state index contributed by atoms with van der Waals surface area (Å²) >= 11 is 1.08. The van der Waals surface area contributed by atoms with Gasteiger partial charge in [0.15, 0.2) is 5.76 Å².